The van der Waals surface area contributed by atoms with Crippen molar-refractivity contribution in [1.82, 2.24) is 20.0 Å². The van der Waals surface area contributed by atoms with Gasteiger partial charge in [-0.15, -0.1) is 0 Å². The predicted octanol–water partition coefficient (Wildman–Crippen LogP) is 3.53. The van der Waals surface area contributed by atoms with E-state index in [-0.39, 0.29) is 46.4 Å². The number of amides is 1. The maximum Gasteiger partial charge on any atom is 0.257 e. The number of para-hydroxylation sites is 2. The number of hydrogen-bond acceptors (Lipinski definition) is 7. The van der Waals surface area contributed by atoms with E-state index in [1.807, 2.05) is 12.1 Å². The van der Waals surface area contributed by atoms with Gasteiger partial charge >= 0.3 is 0 Å². The number of halogens is 1. The van der Waals surface area contributed by atoms with Gasteiger partial charge in [0.1, 0.15) is 22.7 Å². The lowest BCUT2D eigenvalue weighted by molar-refractivity contribution is 0.0953. The number of phenols is 2. The first-order chi connectivity index (χ1) is 16.9. The average Bonchev–Trinajstić information content (AvgIpc) is 3.12. The monoisotopic (exact) mass is 470 g/mol. The first-order valence-corrected chi connectivity index (χ1v) is 10.6. The number of anilines is 1. The summed E-state index contributed by atoms with van der Waals surface area (Å²) in [5, 5.41) is 26.4. The number of phenolic OH excluding ortho intramolecular Hbond substituents is 2. The highest BCUT2D eigenvalue weighted by molar-refractivity contribution is 6.10. The molecule has 0 radical (unpaired) electrons. The minimum Gasteiger partial charge on any atom is -0.504 e. The second-order valence-corrected chi connectivity index (χ2v) is 7.76. The Kier molecular flexibility index (Phi) is 5.46. The number of carbonyl (C=O) groups excluding carboxylic acids is 1. The molecule has 0 aliphatic heterocycles. The molecule has 0 fully saturated rings. The minimum atomic E-state index is -0.488. The summed E-state index contributed by atoms with van der Waals surface area (Å²) in [6.07, 6.45) is 1.41. The van der Waals surface area contributed by atoms with Crippen LogP contribution in [0.5, 0.6) is 11.5 Å². The number of benzene rings is 3. The third kappa shape index (κ3) is 4.20. The Hall–Kier alpha value is -4.99. The van der Waals surface area contributed by atoms with Gasteiger partial charge in [0, 0.05) is 6.54 Å². The van der Waals surface area contributed by atoms with Crippen LogP contribution in [0.3, 0.4) is 0 Å². The Bertz CT molecular complexity index is 1610. The maximum atomic E-state index is 13.2. The zero-order valence-corrected chi connectivity index (χ0v) is 18.2. The topological polar surface area (TPSA) is 139 Å². The van der Waals surface area contributed by atoms with Gasteiger partial charge in [0.2, 0.25) is 0 Å². The zero-order chi connectivity index (χ0) is 24.5. The maximum absolute atomic E-state index is 13.2. The van der Waals surface area contributed by atoms with Crippen molar-refractivity contribution in [1.29, 1.82) is 0 Å². The first kappa shape index (κ1) is 21.8. The van der Waals surface area contributed by atoms with Crippen molar-refractivity contribution in [2.75, 3.05) is 5.73 Å². The van der Waals surface area contributed by atoms with E-state index in [0.717, 1.165) is 0 Å². The normalized spacial score (nSPS) is 11.5. The van der Waals surface area contributed by atoms with E-state index < -0.39 is 5.91 Å². The van der Waals surface area contributed by atoms with E-state index in [1.54, 1.807) is 30.3 Å². The van der Waals surface area contributed by atoms with Crippen molar-refractivity contribution in [3.05, 3.63) is 89.2 Å². The molecule has 0 unspecified atom stereocenters. The Morgan fingerprint density at radius 3 is 2.46 bits per heavy atom. The molecule has 0 atom stereocenters. The molecule has 5 N–H and O–H groups in total. The quantitative estimate of drug-likeness (QED) is 0.229. The third-order valence-electron chi connectivity index (χ3n) is 5.39. The number of fused-ring (bicyclic) bond motifs is 2. The van der Waals surface area contributed by atoms with Gasteiger partial charge in [-0.2, -0.15) is 9.78 Å². The lowest BCUT2D eigenvalue weighted by Gasteiger charge is -2.06. The van der Waals surface area contributed by atoms with Crippen LogP contribution in [0.4, 0.5) is 10.2 Å². The van der Waals surface area contributed by atoms with E-state index in [2.05, 4.69) is 20.4 Å². The van der Waals surface area contributed by atoms with Crippen LogP contribution in [0.2, 0.25) is 0 Å². The number of nitrogens with two attached hydrogens (primary N) is 1. The standard InChI is InChI=1S/C25H19FN6O3/c26-16-8-5-14(6-9-16)12-28-25(35)21-22-24(31-18-4-2-1-3-17(18)30-22)32(23(21)27)29-13-15-7-10-19(33)20(34)11-15/h1-11,13,33-34H,12,27H2,(H,28,35)/b29-13-. The van der Waals surface area contributed by atoms with Crippen molar-refractivity contribution < 1.29 is 19.4 Å². The van der Waals surface area contributed by atoms with E-state index in [1.165, 1.54) is 35.2 Å². The van der Waals surface area contributed by atoms with Gasteiger partial charge in [-0.05, 0) is 53.6 Å². The Morgan fingerprint density at radius 2 is 1.74 bits per heavy atom. The molecule has 9 nitrogen and oxygen atoms in total. The fraction of sp³-hybridized carbons (Fsp3) is 0.0400. The Labute approximate surface area is 198 Å². The highest BCUT2D eigenvalue weighted by Gasteiger charge is 2.24. The molecule has 174 valence electrons. The number of carbonyl (C=O) groups is 1. The summed E-state index contributed by atoms with van der Waals surface area (Å²) in [6, 6.07) is 17.2. The van der Waals surface area contributed by atoms with Gasteiger partial charge in [0.05, 0.1) is 17.2 Å². The Balaban J connectivity index is 1.58. The van der Waals surface area contributed by atoms with E-state index in [9.17, 15) is 19.4 Å². The second-order valence-electron chi connectivity index (χ2n) is 7.76. The van der Waals surface area contributed by atoms with Crippen molar-refractivity contribution in [2.45, 2.75) is 6.54 Å². The molecule has 2 heterocycles. The van der Waals surface area contributed by atoms with Crippen LogP contribution in [-0.2, 0) is 6.54 Å². The van der Waals surface area contributed by atoms with Crippen LogP contribution >= 0.6 is 0 Å². The summed E-state index contributed by atoms with van der Waals surface area (Å²) in [4.78, 5) is 22.4. The SMILES string of the molecule is Nc1c(C(=O)NCc2ccc(F)cc2)c2nc3ccccc3nc2n1/N=C\c1ccc(O)c(O)c1. The van der Waals surface area contributed by atoms with Crippen LogP contribution in [-0.4, -0.2) is 37.0 Å². The first-order valence-electron chi connectivity index (χ1n) is 10.6. The largest absolute Gasteiger partial charge is 0.504 e. The number of nitrogen functional groups attached to an aromatic ring is 1. The number of nitrogens with zero attached hydrogens (tertiary/aromatic N) is 4. The Morgan fingerprint density at radius 1 is 1.03 bits per heavy atom. The summed E-state index contributed by atoms with van der Waals surface area (Å²) in [5.41, 5.74) is 9.37. The molecule has 1 amide bonds. The molecular weight excluding hydrogens is 451 g/mol. The van der Waals surface area contributed by atoms with E-state index >= 15 is 0 Å². The lowest BCUT2D eigenvalue weighted by Crippen LogP contribution is -2.23. The third-order valence-corrected chi connectivity index (χ3v) is 5.39. The number of aromatic nitrogens is 3. The number of hydrogen-bond donors (Lipinski definition) is 4. The highest BCUT2D eigenvalue weighted by atomic mass is 19.1. The van der Waals surface area contributed by atoms with Gasteiger partial charge in [-0.25, -0.2) is 14.4 Å². The minimum absolute atomic E-state index is 0.0196. The van der Waals surface area contributed by atoms with Crippen LogP contribution in [0.1, 0.15) is 21.5 Å². The molecule has 5 rings (SSSR count). The van der Waals surface area contributed by atoms with Crippen LogP contribution in [0.15, 0.2) is 71.8 Å². The van der Waals surface area contributed by atoms with Crippen molar-refractivity contribution >= 4 is 40.1 Å². The van der Waals surface area contributed by atoms with Gasteiger partial charge in [0.25, 0.3) is 5.91 Å². The summed E-state index contributed by atoms with van der Waals surface area (Å²) in [5.74, 6) is -1.39. The van der Waals surface area contributed by atoms with Crippen molar-refractivity contribution in [3.63, 3.8) is 0 Å². The molecular formula is C25H19FN6O3. The van der Waals surface area contributed by atoms with E-state index in [4.69, 9.17) is 5.73 Å². The highest BCUT2D eigenvalue weighted by Crippen LogP contribution is 2.28. The number of rotatable bonds is 5. The van der Waals surface area contributed by atoms with Gasteiger partial charge < -0.3 is 21.3 Å². The molecule has 0 saturated heterocycles. The number of nitrogens with one attached hydrogen (secondary N) is 1. The molecule has 10 heteroatoms. The van der Waals surface area contributed by atoms with Gasteiger partial charge in [0.15, 0.2) is 17.1 Å². The number of aromatic hydroxyl groups is 2. The lowest BCUT2D eigenvalue weighted by atomic mass is 10.2. The summed E-state index contributed by atoms with van der Waals surface area (Å²) < 4.78 is 14.5. The van der Waals surface area contributed by atoms with Crippen LogP contribution in [0.25, 0.3) is 22.2 Å². The molecule has 0 bridgehead atoms. The van der Waals surface area contributed by atoms with Crippen molar-refractivity contribution in [2.24, 2.45) is 5.10 Å². The summed E-state index contributed by atoms with van der Waals surface area (Å²) >= 11 is 0. The molecule has 35 heavy (non-hydrogen) atoms. The zero-order valence-electron chi connectivity index (χ0n) is 18.2. The molecule has 0 aliphatic rings. The van der Waals surface area contributed by atoms with Crippen LogP contribution in [0, 0.1) is 5.82 Å². The molecule has 2 aromatic heterocycles. The fourth-order valence-corrected chi connectivity index (χ4v) is 3.61. The molecule has 0 saturated carbocycles. The molecule has 0 aliphatic carbocycles. The summed E-state index contributed by atoms with van der Waals surface area (Å²) in [7, 11) is 0. The predicted molar refractivity (Wildman–Crippen MR) is 130 cm³/mol. The van der Waals surface area contributed by atoms with Crippen LogP contribution < -0.4 is 11.1 Å². The molecule has 3 aromatic carbocycles. The smallest absolute Gasteiger partial charge is 0.257 e. The fourth-order valence-electron chi connectivity index (χ4n) is 3.61. The van der Waals surface area contributed by atoms with E-state index in [0.29, 0.717) is 22.2 Å². The van der Waals surface area contributed by atoms with Gasteiger partial charge in [-0.1, -0.05) is 24.3 Å². The second kappa shape index (κ2) is 8.75. The van der Waals surface area contributed by atoms with Gasteiger partial charge in [-0.3, -0.25) is 4.79 Å². The van der Waals surface area contributed by atoms with Crippen molar-refractivity contribution in [3.8, 4) is 11.5 Å². The summed E-state index contributed by atoms with van der Waals surface area (Å²) in [6.45, 7) is 0.155. The molecule has 5 aromatic rings. The average molecular weight is 470 g/mol. The molecule has 0 spiro atoms.